The molecule has 23 heavy (non-hydrogen) atoms. The highest BCUT2D eigenvalue weighted by atomic mass is 79.9. The molecule has 7 heteroatoms. The van der Waals surface area contributed by atoms with E-state index in [0.29, 0.717) is 11.4 Å². The second kappa shape index (κ2) is 7.23. The van der Waals surface area contributed by atoms with E-state index >= 15 is 0 Å². The Kier molecular flexibility index (Phi) is 5.33. The van der Waals surface area contributed by atoms with Crippen molar-refractivity contribution in [3.8, 4) is 5.75 Å². The molecule has 0 radical (unpaired) electrons. The van der Waals surface area contributed by atoms with Crippen LogP contribution in [0.3, 0.4) is 0 Å². The molecule has 0 aromatic heterocycles. The van der Waals surface area contributed by atoms with Gasteiger partial charge in [-0.2, -0.15) is 0 Å². The van der Waals surface area contributed by atoms with Gasteiger partial charge in [0, 0.05) is 17.8 Å². The molecule has 2 rings (SSSR count). The Bertz CT molecular complexity index is 731. The highest BCUT2D eigenvalue weighted by Crippen LogP contribution is 2.27. The van der Waals surface area contributed by atoms with E-state index in [2.05, 4.69) is 21.2 Å². The normalized spacial score (nSPS) is 11.6. The van der Waals surface area contributed by atoms with Gasteiger partial charge in [-0.15, -0.1) is 0 Å². The molecule has 2 aromatic rings. The Morgan fingerprint density at radius 1 is 1.26 bits per heavy atom. The Morgan fingerprint density at radius 2 is 1.91 bits per heavy atom. The molecule has 0 aliphatic heterocycles. The van der Waals surface area contributed by atoms with Gasteiger partial charge in [0.05, 0.1) is 9.40 Å². The van der Waals surface area contributed by atoms with Gasteiger partial charge in [0.15, 0.2) is 6.10 Å². The van der Waals surface area contributed by atoms with Crippen molar-refractivity contribution in [3.63, 3.8) is 0 Å². The Hall–Kier alpha value is -2.41. The van der Waals surface area contributed by atoms with Crippen molar-refractivity contribution in [2.45, 2.75) is 20.0 Å². The Labute approximate surface area is 141 Å². The Balaban J connectivity index is 2.00. The standard InChI is InChI=1S/C16H15BrN2O4/c1-10-3-8-15(14(17)9-10)23-11(2)16(20)18-12-4-6-13(7-5-12)19(21)22/h3-9,11H,1-2H3,(H,18,20). The van der Waals surface area contributed by atoms with Crippen LogP contribution in [-0.2, 0) is 4.79 Å². The van der Waals surface area contributed by atoms with E-state index in [1.54, 1.807) is 13.0 Å². The minimum absolute atomic E-state index is 0.0316. The highest BCUT2D eigenvalue weighted by Gasteiger charge is 2.16. The first-order valence-corrected chi connectivity index (χ1v) is 7.64. The molecule has 0 fully saturated rings. The van der Waals surface area contributed by atoms with Crippen LogP contribution >= 0.6 is 15.9 Å². The molecule has 6 nitrogen and oxygen atoms in total. The second-order valence-electron chi connectivity index (χ2n) is 4.99. The number of amides is 1. The summed E-state index contributed by atoms with van der Waals surface area (Å²) in [5.74, 6) is 0.230. The molecule has 1 atom stereocenters. The van der Waals surface area contributed by atoms with E-state index in [4.69, 9.17) is 4.74 Å². The van der Waals surface area contributed by atoms with Gasteiger partial charge in [0.25, 0.3) is 11.6 Å². The summed E-state index contributed by atoms with van der Waals surface area (Å²) in [4.78, 5) is 22.2. The summed E-state index contributed by atoms with van der Waals surface area (Å²) in [6, 6.07) is 11.2. The van der Waals surface area contributed by atoms with Crippen molar-refractivity contribution in [1.82, 2.24) is 0 Å². The number of nitro groups is 1. The molecule has 0 aliphatic carbocycles. The molecular weight excluding hydrogens is 364 g/mol. The summed E-state index contributed by atoms with van der Waals surface area (Å²) in [6.07, 6.45) is -0.718. The molecule has 2 aromatic carbocycles. The van der Waals surface area contributed by atoms with Crippen LogP contribution in [0.4, 0.5) is 11.4 Å². The number of rotatable bonds is 5. The molecule has 0 bridgehead atoms. The van der Waals surface area contributed by atoms with Crippen LogP contribution in [-0.4, -0.2) is 16.9 Å². The van der Waals surface area contributed by atoms with Gasteiger partial charge in [-0.1, -0.05) is 6.07 Å². The molecule has 0 aliphatic rings. The summed E-state index contributed by atoms with van der Waals surface area (Å²) in [7, 11) is 0. The van der Waals surface area contributed by atoms with E-state index in [1.165, 1.54) is 24.3 Å². The van der Waals surface area contributed by atoms with Crippen LogP contribution in [0.5, 0.6) is 5.75 Å². The number of anilines is 1. The van der Waals surface area contributed by atoms with Crippen LogP contribution in [0.25, 0.3) is 0 Å². The zero-order valence-electron chi connectivity index (χ0n) is 12.6. The first-order valence-electron chi connectivity index (χ1n) is 6.85. The van der Waals surface area contributed by atoms with Crippen molar-refractivity contribution in [2.24, 2.45) is 0 Å². The zero-order valence-corrected chi connectivity index (χ0v) is 14.2. The lowest BCUT2D eigenvalue weighted by Gasteiger charge is -2.16. The van der Waals surface area contributed by atoms with E-state index in [9.17, 15) is 14.9 Å². The van der Waals surface area contributed by atoms with Crippen LogP contribution in [0, 0.1) is 17.0 Å². The van der Waals surface area contributed by atoms with Crippen molar-refractivity contribution in [3.05, 3.63) is 62.6 Å². The molecule has 0 saturated heterocycles. The summed E-state index contributed by atoms with van der Waals surface area (Å²) in [6.45, 7) is 3.59. The summed E-state index contributed by atoms with van der Waals surface area (Å²) >= 11 is 3.39. The third-order valence-corrected chi connectivity index (χ3v) is 3.73. The lowest BCUT2D eigenvalue weighted by Crippen LogP contribution is -2.30. The lowest BCUT2D eigenvalue weighted by atomic mass is 10.2. The van der Waals surface area contributed by atoms with Gasteiger partial charge >= 0.3 is 0 Å². The highest BCUT2D eigenvalue weighted by molar-refractivity contribution is 9.10. The third kappa shape index (κ3) is 4.53. The average Bonchev–Trinajstić information content (AvgIpc) is 2.50. The molecule has 1 amide bonds. The quantitative estimate of drug-likeness (QED) is 0.627. The number of carbonyl (C=O) groups excluding carboxylic acids is 1. The molecule has 0 heterocycles. The summed E-state index contributed by atoms with van der Waals surface area (Å²) < 4.78 is 6.40. The third-order valence-electron chi connectivity index (χ3n) is 3.11. The van der Waals surface area contributed by atoms with E-state index < -0.39 is 11.0 Å². The minimum atomic E-state index is -0.718. The number of non-ortho nitro benzene ring substituents is 1. The average molecular weight is 379 g/mol. The topological polar surface area (TPSA) is 81.5 Å². The van der Waals surface area contributed by atoms with Crippen molar-refractivity contribution in [2.75, 3.05) is 5.32 Å². The number of benzene rings is 2. The summed E-state index contributed by atoms with van der Waals surface area (Å²) in [5, 5.41) is 13.3. The monoisotopic (exact) mass is 378 g/mol. The van der Waals surface area contributed by atoms with Gasteiger partial charge in [0.2, 0.25) is 0 Å². The van der Waals surface area contributed by atoms with E-state index in [-0.39, 0.29) is 11.6 Å². The number of carbonyl (C=O) groups is 1. The lowest BCUT2D eigenvalue weighted by molar-refractivity contribution is -0.384. The number of aryl methyl sites for hydroxylation is 1. The van der Waals surface area contributed by atoms with Crippen LogP contribution in [0.15, 0.2) is 46.9 Å². The number of ether oxygens (including phenoxy) is 1. The van der Waals surface area contributed by atoms with Crippen LogP contribution in [0.1, 0.15) is 12.5 Å². The number of nitrogens with one attached hydrogen (secondary N) is 1. The van der Waals surface area contributed by atoms with Gasteiger partial charge in [-0.25, -0.2) is 0 Å². The number of halogens is 1. The van der Waals surface area contributed by atoms with Crippen molar-refractivity contribution < 1.29 is 14.5 Å². The van der Waals surface area contributed by atoms with Crippen molar-refractivity contribution in [1.29, 1.82) is 0 Å². The Morgan fingerprint density at radius 3 is 2.48 bits per heavy atom. The van der Waals surface area contributed by atoms with Crippen molar-refractivity contribution >= 4 is 33.2 Å². The van der Waals surface area contributed by atoms with Gasteiger partial charge in [-0.05, 0) is 59.6 Å². The second-order valence-corrected chi connectivity index (χ2v) is 5.84. The predicted octanol–water partition coefficient (Wildman–Crippen LogP) is 4.07. The van der Waals surface area contributed by atoms with E-state index in [0.717, 1.165) is 10.0 Å². The predicted molar refractivity (Wildman–Crippen MR) is 90.7 cm³/mol. The number of nitrogens with zero attached hydrogens (tertiary/aromatic N) is 1. The fraction of sp³-hybridized carbons (Fsp3) is 0.188. The van der Waals surface area contributed by atoms with Gasteiger partial charge in [0.1, 0.15) is 5.75 Å². The largest absolute Gasteiger partial charge is 0.480 e. The first kappa shape index (κ1) is 17.0. The fourth-order valence-electron chi connectivity index (χ4n) is 1.86. The minimum Gasteiger partial charge on any atom is -0.480 e. The number of hydrogen-bond donors (Lipinski definition) is 1. The van der Waals surface area contributed by atoms with E-state index in [1.807, 2.05) is 19.1 Å². The van der Waals surface area contributed by atoms with Gasteiger partial charge < -0.3 is 10.1 Å². The molecule has 1 N–H and O–H groups in total. The van der Waals surface area contributed by atoms with Gasteiger partial charge in [-0.3, -0.25) is 14.9 Å². The zero-order chi connectivity index (χ0) is 17.0. The number of nitro benzene ring substituents is 1. The molecule has 120 valence electrons. The molecule has 1 unspecified atom stereocenters. The maximum atomic E-state index is 12.1. The molecule has 0 spiro atoms. The van der Waals surface area contributed by atoms with Crippen LogP contribution in [0.2, 0.25) is 0 Å². The van der Waals surface area contributed by atoms with Crippen LogP contribution < -0.4 is 10.1 Å². The smallest absolute Gasteiger partial charge is 0.269 e. The molecular formula is C16H15BrN2O4. The maximum Gasteiger partial charge on any atom is 0.269 e. The fourth-order valence-corrected chi connectivity index (χ4v) is 2.44. The SMILES string of the molecule is Cc1ccc(OC(C)C(=O)Nc2ccc([N+](=O)[O-])cc2)c(Br)c1. The maximum absolute atomic E-state index is 12.1. The number of hydrogen-bond acceptors (Lipinski definition) is 4. The molecule has 0 saturated carbocycles. The summed E-state index contributed by atoms with van der Waals surface area (Å²) in [5.41, 5.74) is 1.52. The first-order chi connectivity index (χ1) is 10.9.